The van der Waals surface area contributed by atoms with E-state index in [0.717, 1.165) is 37.7 Å². The zero-order chi connectivity index (χ0) is 16.4. The topological polar surface area (TPSA) is 24.1 Å². The van der Waals surface area contributed by atoms with E-state index in [-0.39, 0.29) is 6.04 Å². The second-order valence-corrected chi connectivity index (χ2v) is 6.29. The SMILES string of the molecule is CC(Nc1c(Cl)ccc2c1CCNCC2)c1cc(F)cc(F)c1. The lowest BCUT2D eigenvalue weighted by Gasteiger charge is -2.21. The summed E-state index contributed by atoms with van der Waals surface area (Å²) in [5.41, 5.74) is 3.87. The molecule has 0 amide bonds. The minimum Gasteiger partial charge on any atom is -0.377 e. The van der Waals surface area contributed by atoms with Crippen molar-refractivity contribution in [1.29, 1.82) is 0 Å². The van der Waals surface area contributed by atoms with E-state index in [1.165, 1.54) is 23.3 Å². The molecule has 0 spiro atoms. The number of halogens is 3. The number of hydrogen-bond donors (Lipinski definition) is 2. The van der Waals surface area contributed by atoms with Crippen LogP contribution in [0.25, 0.3) is 0 Å². The quantitative estimate of drug-likeness (QED) is 0.863. The molecule has 1 unspecified atom stereocenters. The van der Waals surface area contributed by atoms with E-state index in [1.807, 2.05) is 13.0 Å². The van der Waals surface area contributed by atoms with Crippen LogP contribution < -0.4 is 10.6 Å². The molecule has 1 aliphatic rings. The fourth-order valence-electron chi connectivity index (χ4n) is 3.02. The minimum absolute atomic E-state index is 0.250. The third-order valence-electron chi connectivity index (χ3n) is 4.23. The van der Waals surface area contributed by atoms with Crippen molar-refractivity contribution in [3.8, 4) is 0 Å². The van der Waals surface area contributed by atoms with Crippen LogP contribution in [0.3, 0.4) is 0 Å². The van der Waals surface area contributed by atoms with Crippen LogP contribution >= 0.6 is 11.6 Å². The number of hydrogen-bond acceptors (Lipinski definition) is 2. The number of fused-ring (bicyclic) bond motifs is 1. The summed E-state index contributed by atoms with van der Waals surface area (Å²) in [5.74, 6) is -1.15. The predicted octanol–water partition coefficient (Wildman–Crippen LogP) is 4.48. The van der Waals surface area contributed by atoms with Crippen molar-refractivity contribution in [2.45, 2.75) is 25.8 Å². The zero-order valence-corrected chi connectivity index (χ0v) is 13.7. The van der Waals surface area contributed by atoms with E-state index in [4.69, 9.17) is 11.6 Å². The third-order valence-corrected chi connectivity index (χ3v) is 4.54. The van der Waals surface area contributed by atoms with Crippen molar-refractivity contribution in [1.82, 2.24) is 5.32 Å². The van der Waals surface area contributed by atoms with Crippen LogP contribution in [0, 0.1) is 11.6 Å². The minimum atomic E-state index is -0.573. The maximum absolute atomic E-state index is 13.4. The molecule has 1 atom stereocenters. The van der Waals surface area contributed by atoms with Crippen LogP contribution in [0.2, 0.25) is 5.02 Å². The van der Waals surface area contributed by atoms with E-state index in [2.05, 4.69) is 16.7 Å². The summed E-state index contributed by atoms with van der Waals surface area (Å²) in [6, 6.07) is 7.26. The summed E-state index contributed by atoms with van der Waals surface area (Å²) in [4.78, 5) is 0. The molecule has 0 aromatic heterocycles. The van der Waals surface area contributed by atoms with Crippen LogP contribution in [0.5, 0.6) is 0 Å². The predicted molar refractivity (Wildman–Crippen MR) is 90.1 cm³/mol. The van der Waals surface area contributed by atoms with Crippen molar-refractivity contribution in [3.63, 3.8) is 0 Å². The lowest BCUT2D eigenvalue weighted by Crippen LogP contribution is -2.16. The molecule has 0 bridgehead atoms. The van der Waals surface area contributed by atoms with Gasteiger partial charge in [-0.05, 0) is 67.7 Å². The molecule has 5 heteroatoms. The van der Waals surface area contributed by atoms with Gasteiger partial charge in [0.05, 0.1) is 10.7 Å². The molecule has 2 aromatic carbocycles. The van der Waals surface area contributed by atoms with E-state index in [0.29, 0.717) is 10.6 Å². The van der Waals surface area contributed by atoms with Gasteiger partial charge in [-0.25, -0.2) is 8.78 Å². The second-order valence-electron chi connectivity index (χ2n) is 5.88. The van der Waals surface area contributed by atoms with Gasteiger partial charge in [0.15, 0.2) is 0 Å². The Morgan fingerprint density at radius 1 is 1.09 bits per heavy atom. The molecule has 23 heavy (non-hydrogen) atoms. The summed E-state index contributed by atoms with van der Waals surface area (Å²) >= 11 is 6.38. The van der Waals surface area contributed by atoms with Crippen molar-refractivity contribution < 1.29 is 8.78 Å². The van der Waals surface area contributed by atoms with Gasteiger partial charge in [0, 0.05) is 12.1 Å². The molecule has 0 saturated heterocycles. The third kappa shape index (κ3) is 3.65. The highest BCUT2D eigenvalue weighted by Crippen LogP contribution is 2.33. The molecule has 2 N–H and O–H groups in total. The van der Waals surface area contributed by atoms with Gasteiger partial charge in [-0.2, -0.15) is 0 Å². The van der Waals surface area contributed by atoms with Crippen LogP contribution in [0.15, 0.2) is 30.3 Å². The Morgan fingerprint density at radius 3 is 2.52 bits per heavy atom. The van der Waals surface area contributed by atoms with Crippen LogP contribution in [-0.2, 0) is 12.8 Å². The zero-order valence-electron chi connectivity index (χ0n) is 12.9. The van der Waals surface area contributed by atoms with E-state index in [1.54, 1.807) is 0 Å². The van der Waals surface area contributed by atoms with E-state index >= 15 is 0 Å². The Morgan fingerprint density at radius 2 is 1.78 bits per heavy atom. The first-order valence-electron chi connectivity index (χ1n) is 7.78. The largest absolute Gasteiger partial charge is 0.377 e. The molecular weight excluding hydrogens is 318 g/mol. The van der Waals surface area contributed by atoms with Crippen LogP contribution in [0.4, 0.5) is 14.5 Å². The Bertz CT molecular complexity index is 698. The molecule has 0 fully saturated rings. The normalized spacial score (nSPS) is 15.7. The first-order valence-corrected chi connectivity index (χ1v) is 8.16. The van der Waals surface area contributed by atoms with Gasteiger partial charge in [0.1, 0.15) is 11.6 Å². The van der Waals surface area contributed by atoms with Gasteiger partial charge in [-0.15, -0.1) is 0 Å². The monoisotopic (exact) mass is 336 g/mol. The van der Waals surface area contributed by atoms with E-state index in [9.17, 15) is 8.78 Å². The van der Waals surface area contributed by atoms with Gasteiger partial charge in [0.2, 0.25) is 0 Å². The Kier molecular flexibility index (Phi) is 4.83. The summed E-state index contributed by atoms with van der Waals surface area (Å²) in [7, 11) is 0. The van der Waals surface area contributed by atoms with Crippen LogP contribution in [-0.4, -0.2) is 13.1 Å². The molecule has 0 aliphatic carbocycles. The van der Waals surface area contributed by atoms with Crippen LogP contribution in [0.1, 0.15) is 29.7 Å². The van der Waals surface area contributed by atoms with Crippen molar-refractivity contribution >= 4 is 17.3 Å². The van der Waals surface area contributed by atoms with Crippen molar-refractivity contribution in [3.05, 3.63) is 63.7 Å². The molecule has 2 nitrogen and oxygen atoms in total. The molecule has 1 heterocycles. The summed E-state index contributed by atoms with van der Waals surface area (Å²) in [6.45, 7) is 3.71. The van der Waals surface area contributed by atoms with Crippen molar-refractivity contribution in [2.75, 3.05) is 18.4 Å². The second kappa shape index (κ2) is 6.85. The van der Waals surface area contributed by atoms with Gasteiger partial charge in [-0.3, -0.25) is 0 Å². The number of nitrogens with one attached hydrogen (secondary N) is 2. The average molecular weight is 337 g/mol. The number of benzene rings is 2. The molecule has 3 rings (SSSR count). The maximum atomic E-state index is 13.4. The highest BCUT2D eigenvalue weighted by molar-refractivity contribution is 6.33. The van der Waals surface area contributed by atoms with Gasteiger partial charge < -0.3 is 10.6 Å². The Hall–Kier alpha value is -1.65. The molecule has 1 aliphatic heterocycles. The summed E-state index contributed by atoms with van der Waals surface area (Å²) in [6.07, 6.45) is 1.83. The number of rotatable bonds is 3. The molecule has 0 saturated carbocycles. The summed E-state index contributed by atoms with van der Waals surface area (Å²) in [5, 5.41) is 7.35. The van der Waals surface area contributed by atoms with Gasteiger partial charge in [0.25, 0.3) is 0 Å². The highest BCUT2D eigenvalue weighted by Gasteiger charge is 2.17. The first kappa shape index (κ1) is 16.2. The summed E-state index contributed by atoms with van der Waals surface area (Å²) < 4.78 is 26.9. The highest BCUT2D eigenvalue weighted by atomic mass is 35.5. The molecular formula is C18H19ClF2N2. The Labute approximate surface area is 139 Å². The molecule has 122 valence electrons. The maximum Gasteiger partial charge on any atom is 0.126 e. The smallest absolute Gasteiger partial charge is 0.126 e. The fraction of sp³-hybridized carbons (Fsp3) is 0.333. The number of anilines is 1. The first-order chi connectivity index (χ1) is 11.0. The average Bonchev–Trinajstić information content (AvgIpc) is 2.74. The molecule has 0 radical (unpaired) electrons. The standard InChI is InChI=1S/C18H19ClF2N2/c1-11(13-8-14(20)10-15(21)9-13)23-18-16-5-7-22-6-4-12(16)2-3-17(18)19/h2-3,8-11,22-23H,4-7H2,1H3. The Balaban J connectivity index is 1.93. The van der Waals surface area contributed by atoms with E-state index < -0.39 is 11.6 Å². The van der Waals surface area contributed by atoms with Gasteiger partial charge in [-0.1, -0.05) is 17.7 Å². The fourth-order valence-corrected chi connectivity index (χ4v) is 3.26. The lowest BCUT2D eigenvalue weighted by atomic mass is 9.99. The van der Waals surface area contributed by atoms with Crippen molar-refractivity contribution in [2.24, 2.45) is 0 Å². The molecule has 2 aromatic rings. The lowest BCUT2D eigenvalue weighted by molar-refractivity contribution is 0.577. The van der Waals surface area contributed by atoms with Gasteiger partial charge >= 0.3 is 0 Å².